The van der Waals surface area contributed by atoms with Gasteiger partial charge in [-0.05, 0) is 12.1 Å². The van der Waals surface area contributed by atoms with Crippen LogP contribution in [0.15, 0.2) is 18.2 Å². The van der Waals surface area contributed by atoms with E-state index in [1.807, 2.05) is 6.07 Å². The van der Waals surface area contributed by atoms with Gasteiger partial charge in [0.15, 0.2) is 0 Å². The van der Waals surface area contributed by atoms with Gasteiger partial charge >= 0.3 is 0 Å². The number of rotatable bonds is 4. The molecule has 0 unspecified atom stereocenters. The quantitative estimate of drug-likeness (QED) is 0.888. The van der Waals surface area contributed by atoms with Gasteiger partial charge in [-0.1, -0.05) is 19.9 Å². The van der Waals surface area contributed by atoms with E-state index >= 15 is 0 Å². The molecule has 1 fully saturated rings. The zero-order chi connectivity index (χ0) is 13.0. The first-order valence-corrected chi connectivity index (χ1v) is 6.52. The zero-order valence-corrected chi connectivity index (χ0v) is 11.1. The monoisotopic (exact) mass is 252 g/mol. The molecule has 1 aromatic carbocycles. The minimum atomic E-state index is -0.132. The Morgan fingerprint density at radius 1 is 1.33 bits per heavy atom. The molecule has 4 heteroatoms. The summed E-state index contributed by atoms with van der Waals surface area (Å²) in [7, 11) is 0. The lowest BCUT2D eigenvalue weighted by atomic mass is 10.1. The topological polar surface area (TPSA) is 24.5 Å². The highest BCUT2D eigenvalue weighted by Crippen LogP contribution is 2.24. The molecule has 0 spiro atoms. The second-order valence-electron chi connectivity index (χ2n) is 4.87. The Balaban J connectivity index is 2.19. The number of hydrogen-bond donors (Lipinski definition) is 1. The maximum atomic E-state index is 14.0. The fraction of sp³-hybridized carbons (Fsp3) is 0.571. The molecule has 0 aliphatic carbocycles. The van der Waals surface area contributed by atoms with E-state index in [0.29, 0.717) is 25.8 Å². The molecule has 1 N–H and O–H groups in total. The van der Waals surface area contributed by atoms with Crippen LogP contribution in [-0.2, 0) is 11.3 Å². The number of anilines is 1. The third kappa shape index (κ3) is 3.21. The van der Waals surface area contributed by atoms with Crippen molar-refractivity contribution in [2.75, 3.05) is 31.2 Å². The molecule has 1 saturated heterocycles. The number of morpholine rings is 1. The third-order valence-electron chi connectivity index (χ3n) is 3.13. The lowest BCUT2D eigenvalue weighted by Crippen LogP contribution is -2.37. The molecule has 0 atom stereocenters. The molecule has 100 valence electrons. The predicted molar refractivity (Wildman–Crippen MR) is 71.4 cm³/mol. The van der Waals surface area contributed by atoms with Crippen molar-refractivity contribution < 1.29 is 9.13 Å². The summed E-state index contributed by atoms with van der Waals surface area (Å²) in [5.41, 5.74) is 1.75. The predicted octanol–water partition coefficient (Wildman–Crippen LogP) is 2.16. The van der Waals surface area contributed by atoms with E-state index < -0.39 is 0 Å². The minimum absolute atomic E-state index is 0.132. The Kier molecular flexibility index (Phi) is 4.55. The number of benzene rings is 1. The molecule has 3 nitrogen and oxygen atoms in total. The SMILES string of the molecule is CC(C)NCc1c(F)cccc1N1CCOCC1. The molecular weight excluding hydrogens is 231 g/mol. The van der Waals surface area contributed by atoms with Gasteiger partial charge in [0.2, 0.25) is 0 Å². The van der Waals surface area contributed by atoms with Crippen molar-refractivity contribution in [3.63, 3.8) is 0 Å². The minimum Gasteiger partial charge on any atom is -0.378 e. The Hall–Kier alpha value is -1.13. The zero-order valence-electron chi connectivity index (χ0n) is 11.1. The van der Waals surface area contributed by atoms with Crippen LogP contribution >= 0.6 is 0 Å². The molecule has 2 rings (SSSR count). The van der Waals surface area contributed by atoms with Crippen LogP contribution in [0.3, 0.4) is 0 Å². The Morgan fingerprint density at radius 2 is 2.06 bits per heavy atom. The summed E-state index contributed by atoms with van der Waals surface area (Å²) >= 11 is 0. The van der Waals surface area contributed by atoms with Gasteiger partial charge in [-0.2, -0.15) is 0 Å². The first-order chi connectivity index (χ1) is 8.68. The van der Waals surface area contributed by atoms with Gasteiger partial charge in [0, 0.05) is 36.9 Å². The average Bonchev–Trinajstić information content (AvgIpc) is 2.38. The van der Waals surface area contributed by atoms with E-state index in [2.05, 4.69) is 24.1 Å². The van der Waals surface area contributed by atoms with Crippen molar-refractivity contribution >= 4 is 5.69 Å². The molecule has 1 aromatic rings. The summed E-state index contributed by atoms with van der Waals surface area (Å²) in [4.78, 5) is 2.20. The number of nitrogens with one attached hydrogen (secondary N) is 1. The van der Waals surface area contributed by atoms with E-state index in [1.165, 1.54) is 6.07 Å². The highest BCUT2D eigenvalue weighted by molar-refractivity contribution is 5.54. The van der Waals surface area contributed by atoms with Crippen LogP contribution in [0.1, 0.15) is 19.4 Å². The summed E-state index contributed by atoms with van der Waals surface area (Å²) in [6.45, 7) is 7.79. The number of halogens is 1. The summed E-state index contributed by atoms with van der Waals surface area (Å²) in [6.07, 6.45) is 0. The molecule has 18 heavy (non-hydrogen) atoms. The number of nitrogens with zero attached hydrogens (tertiary/aromatic N) is 1. The molecule has 1 aliphatic rings. The fourth-order valence-corrected chi connectivity index (χ4v) is 2.13. The summed E-state index contributed by atoms with van der Waals surface area (Å²) in [5.74, 6) is -0.132. The van der Waals surface area contributed by atoms with E-state index in [9.17, 15) is 4.39 Å². The largest absolute Gasteiger partial charge is 0.378 e. The third-order valence-corrected chi connectivity index (χ3v) is 3.13. The van der Waals surface area contributed by atoms with Crippen LogP contribution < -0.4 is 10.2 Å². The molecule has 0 amide bonds. The smallest absolute Gasteiger partial charge is 0.129 e. The lowest BCUT2D eigenvalue weighted by molar-refractivity contribution is 0.122. The van der Waals surface area contributed by atoms with Crippen molar-refractivity contribution in [1.29, 1.82) is 0 Å². The van der Waals surface area contributed by atoms with Crippen LogP contribution in [0.25, 0.3) is 0 Å². The van der Waals surface area contributed by atoms with Crippen molar-refractivity contribution in [3.05, 3.63) is 29.6 Å². The van der Waals surface area contributed by atoms with Crippen LogP contribution in [0, 0.1) is 5.82 Å². The normalized spacial score (nSPS) is 16.3. The van der Waals surface area contributed by atoms with E-state index in [-0.39, 0.29) is 5.82 Å². The second kappa shape index (κ2) is 6.16. The van der Waals surface area contributed by atoms with Gasteiger partial charge in [0.25, 0.3) is 0 Å². The van der Waals surface area contributed by atoms with Gasteiger partial charge in [-0.15, -0.1) is 0 Å². The maximum Gasteiger partial charge on any atom is 0.129 e. The van der Waals surface area contributed by atoms with Gasteiger partial charge in [-0.3, -0.25) is 0 Å². The van der Waals surface area contributed by atoms with E-state index in [4.69, 9.17) is 4.74 Å². The highest BCUT2D eigenvalue weighted by Gasteiger charge is 2.17. The molecule has 0 bridgehead atoms. The summed E-state index contributed by atoms with van der Waals surface area (Å²) in [6, 6.07) is 5.65. The van der Waals surface area contributed by atoms with E-state index in [0.717, 1.165) is 24.3 Å². The molecular formula is C14H21FN2O. The fourth-order valence-electron chi connectivity index (χ4n) is 2.13. The summed E-state index contributed by atoms with van der Waals surface area (Å²) < 4.78 is 19.3. The molecule has 0 radical (unpaired) electrons. The second-order valence-corrected chi connectivity index (χ2v) is 4.87. The van der Waals surface area contributed by atoms with Crippen LogP contribution in [0.4, 0.5) is 10.1 Å². The van der Waals surface area contributed by atoms with Gasteiger partial charge < -0.3 is 15.0 Å². The van der Waals surface area contributed by atoms with Crippen LogP contribution in [0.5, 0.6) is 0 Å². The number of hydrogen-bond acceptors (Lipinski definition) is 3. The first kappa shape index (κ1) is 13.3. The molecule has 0 aromatic heterocycles. The van der Waals surface area contributed by atoms with Crippen molar-refractivity contribution in [1.82, 2.24) is 5.32 Å². The van der Waals surface area contributed by atoms with Crippen LogP contribution in [0.2, 0.25) is 0 Å². The van der Waals surface area contributed by atoms with Gasteiger partial charge in [0.05, 0.1) is 13.2 Å². The number of ether oxygens (including phenoxy) is 1. The standard InChI is InChI=1S/C14H21FN2O/c1-11(2)16-10-12-13(15)4-3-5-14(12)17-6-8-18-9-7-17/h3-5,11,16H,6-10H2,1-2H3. The Labute approximate surface area is 108 Å². The first-order valence-electron chi connectivity index (χ1n) is 6.52. The molecule has 1 heterocycles. The molecule has 1 aliphatic heterocycles. The van der Waals surface area contributed by atoms with Crippen molar-refractivity contribution in [2.45, 2.75) is 26.4 Å². The maximum absolute atomic E-state index is 14.0. The highest BCUT2D eigenvalue weighted by atomic mass is 19.1. The van der Waals surface area contributed by atoms with Crippen molar-refractivity contribution in [2.24, 2.45) is 0 Å². The lowest BCUT2D eigenvalue weighted by Gasteiger charge is -2.31. The van der Waals surface area contributed by atoms with Gasteiger partial charge in [-0.25, -0.2) is 4.39 Å². The molecule has 0 saturated carbocycles. The van der Waals surface area contributed by atoms with Crippen LogP contribution in [-0.4, -0.2) is 32.3 Å². The van der Waals surface area contributed by atoms with Gasteiger partial charge in [0.1, 0.15) is 5.82 Å². The summed E-state index contributed by atoms with van der Waals surface area (Å²) in [5, 5.41) is 3.28. The average molecular weight is 252 g/mol. The van der Waals surface area contributed by atoms with Crippen molar-refractivity contribution in [3.8, 4) is 0 Å². The Bertz CT molecular complexity index is 389. The van der Waals surface area contributed by atoms with E-state index in [1.54, 1.807) is 6.07 Å². The Morgan fingerprint density at radius 3 is 2.72 bits per heavy atom.